The van der Waals surface area contributed by atoms with E-state index in [0.717, 1.165) is 12.4 Å². The Hall–Kier alpha value is -1.62. The third kappa shape index (κ3) is 4.52. The quantitative estimate of drug-likeness (QED) is 0.793. The fraction of sp³-hybridized carbons (Fsp3) is 0.571. The summed E-state index contributed by atoms with van der Waals surface area (Å²) in [6, 6.07) is 3.55. The molecule has 0 saturated heterocycles. The van der Waals surface area contributed by atoms with Gasteiger partial charge >= 0.3 is 5.97 Å². The summed E-state index contributed by atoms with van der Waals surface area (Å²) in [6.07, 6.45) is 1.54. The second kappa shape index (κ2) is 6.52. The number of ether oxygens (including phenoxy) is 1. The molecular formula is C14H23N3O2. The molecule has 0 spiro atoms. The van der Waals surface area contributed by atoms with Crippen LogP contribution in [0.15, 0.2) is 18.3 Å². The van der Waals surface area contributed by atoms with Crippen molar-refractivity contribution in [2.75, 3.05) is 31.6 Å². The van der Waals surface area contributed by atoms with Gasteiger partial charge in [-0.25, -0.2) is 9.78 Å². The lowest BCUT2D eigenvalue weighted by Crippen LogP contribution is -2.37. The molecule has 0 aliphatic carbocycles. The summed E-state index contributed by atoms with van der Waals surface area (Å²) in [4.78, 5) is 17.8. The molecule has 5 heteroatoms. The van der Waals surface area contributed by atoms with E-state index in [1.807, 2.05) is 18.0 Å². The molecule has 1 aromatic heterocycles. The van der Waals surface area contributed by atoms with E-state index in [9.17, 15) is 4.79 Å². The van der Waals surface area contributed by atoms with Crippen LogP contribution in [0.1, 0.15) is 31.1 Å². The van der Waals surface area contributed by atoms with Crippen molar-refractivity contribution in [1.82, 2.24) is 4.98 Å². The average Bonchev–Trinajstić information content (AvgIpc) is 2.38. The summed E-state index contributed by atoms with van der Waals surface area (Å²) in [6.45, 7) is 7.77. The molecule has 106 valence electrons. The first-order valence-corrected chi connectivity index (χ1v) is 6.44. The van der Waals surface area contributed by atoms with Gasteiger partial charge in [-0.05, 0) is 31.0 Å². The number of esters is 1. The molecule has 1 aromatic rings. The summed E-state index contributed by atoms with van der Waals surface area (Å²) in [5, 5.41) is 0. The number of carbonyl (C=O) groups is 1. The van der Waals surface area contributed by atoms with Gasteiger partial charge in [0.05, 0.1) is 12.2 Å². The normalized spacial score (nSPS) is 11.2. The van der Waals surface area contributed by atoms with Crippen molar-refractivity contribution in [3.8, 4) is 0 Å². The topological polar surface area (TPSA) is 68.5 Å². The molecule has 0 bridgehead atoms. The van der Waals surface area contributed by atoms with Gasteiger partial charge < -0.3 is 15.4 Å². The fourth-order valence-corrected chi connectivity index (χ4v) is 1.73. The summed E-state index contributed by atoms with van der Waals surface area (Å²) in [5.74, 6) is 0.473. The average molecular weight is 265 g/mol. The van der Waals surface area contributed by atoms with Gasteiger partial charge in [-0.3, -0.25) is 0 Å². The van der Waals surface area contributed by atoms with Gasteiger partial charge in [0.25, 0.3) is 0 Å². The van der Waals surface area contributed by atoms with Crippen LogP contribution >= 0.6 is 0 Å². The molecule has 2 N–H and O–H groups in total. The zero-order valence-corrected chi connectivity index (χ0v) is 12.1. The van der Waals surface area contributed by atoms with Crippen molar-refractivity contribution in [2.45, 2.75) is 20.8 Å². The number of nitrogens with two attached hydrogens (primary N) is 1. The molecular weight excluding hydrogens is 242 g/mol. The molecule has 0 aliphatic rings. The summed E-state index contributed by atoms with van der Waals surface area (Å²) in [7, 11) is 1.96. The van der Waals surface area contributed by atoms with E-state index in [2.05, 4.69) is 18.8 Å². The zero-order chi connectivity index (χ0) is 14.5. The summed E-state index contributed by atoms with van der Waals surface area (Å²) >= 11 is 0. The molecule has 0 fully saturated rings. The molecule has 0 radical (unpaired) electrons. The highest BCUT2D eigenvalue weighted by molar-refractivity contribution is 5.89. The van der Waals surface area contributed by atoms with Crippen molar-refractivity contribution in [3.63, 3.8) is 0 Å². The second-order valence-electron chi connectivity index (χ2n) is 5.35. The number of hydrogen-bond donors (Lipinski definition) is 1. The number of nitrogens with zero attached hydrogens (tertiary/aromatic N) is 2. The number of hydrogen-bond acceptors (Lipinski definition) is 5. The van der Waals surface area contributed by atoms with E-state index in [0.29, 0.717) is 18.7 Å². The largest absolute Gasteiger partial charge is 0.462 e. The van der Waals surface area contributed by atoms with Gasteiger partial charge in [0.1, 0.15) is 5.82 Å². The molecule has 0 saturated carbocycles. The zero-order valence-electron chi connectivity index (χ0n) is 12.1. The fourth-order valence-electron chi connectivity index (χ4n) is 1.73. The Balaban J connectivity index is 2.73. The molecule has 5 nitrogen and oxygen atoms in total. The van der Waals surface area contributed by atoms with Crippen LogP contribution in [0.3, 0.4) is 0 Å². The van der Waals surface area contributed by atoms with Crippen LogP contribution in [-0.2, 0) is 4.74 Å². The van der Waals surface area contributed by atoms with Crippen LogP contribution < -0.4 is 10.6 Å². The van der Waals surface area contributed by atoms with Gasteiger partial charge in [0, 0.05) is 19.8 Å². The second-order valence-corrected chi connectivity index (χ2v) is 5.35. The molecule has 0 unspecified atom stereocenters. The molecule has 0 aliphatic heterocycles. The maximum Gasteiger partial charge on any atom is 0.339 e. The highest BCUT2D eigenvalue weighted by Gasteiger charge is 2.19. The lowest BCUT2D eigenvalue weighted by Gasteiger charge is -2.29. The number of rotatable bonds is 6. The van der Waals surface area contributed by atoms with Gasteiger partial charge in [-0.1, -0.05) is 13.8 Å². The third-order valence-corrected chi connectivity index (χ3v) is 2.87. The maximum atomic E-state index is 11.5. The monoisotopic (exact) mass is 265 g/mol. The lowest BCUT2D eigenvalue weighted by atomic mass is 9.93. The number of carbonyl (C=O) groups excluding carboxylic acids is 1. The predicted octanol–water partition coefficient (Wildman–Crippen LogP) is 1.68. The third-order valence-electron chi connectivity index (χ3n) is 2.87. The first kappa shape index (κ1) is 15.4. The molecule has 1 rings (SSSR count). The summed E-state index contributed by atoms with van der Waals surface area (Å²) in [5.41, 5.74) is 6.22. The number of aromatic nitrogens is 1. The van der Waals surface area contributed by atoms with Crippen molar-refractivity contribution in [1.29, 1.82) is 0 Å². The van der Waals surface area contributed by atoms with Crippen LogP contribution in [0.25, 0.3) is 0 Å². The van der Waals surface area contributed by atoms with Gasteiger partial charge in [-0.2, -0.15) is 0 Å². The molecule has 0 atom stereocenters. The minimum Gasteiger partial charge on any atom is -0.462 e. The van der Waals surface area contributed by atoms with E-state index < -0.39 is 0 Å². The van der Waals surface area contributed by atoms with Gasteiger partial charge in [0.15, 0.2) is 0 Å². The Morgan fingerprint density at radius 1 is 1.47 bits per heavy atom. The minimum atomic E-state index is -0.341. The maximum absolute atomic E-state index is 11.5. The van der Waals surface area contributed by atoms with E-state index in [4.69, 9.17) is 10.5 Å². The molecule has 19 heavy (non-hydrogen) atoms. The Bertz CT molecular complexity index is 415. The first-order valence-electron chi connectivity index (χ1n) is 6.44. The van der Waals surface area contributed by atoms with Crippen LogP contribution in [0.5, 0.6) is 0 Å². The lowest BCUT2D eigenvalue weighted by molar-refractivity contribution is 0.0526. The Morgan fingerprint density at radius 3 is 2.63 bits per heavy atom. The minimum absolute atomic E-state index is 0.0241. The van der Waals surface area contributed by atoms with E-state index in [1.165, 1.54) is 0 Å². The van der Waals surface area contributed by atoms with Gasteiger partial charge in [-0.15, -0.1) is 0 Å². The van der Waals surface area contributed by atoms with E-state index in [1.54, 1.807) is 19.2 Å². The SMILES string of the molecule is CCOC(=O)c1ccc(N(C)CC(C)(C)CN)nc1. The van der Waals surface area contributed by atoms with Crippen molar-refractivity contribution < 1.29 is 9.53 Å². The Morgan fingerprint density at radius 2 is 2.16 bits per heavy atom. The van der Waals surface area contributed by atoms with E-state index in [-0.39, 0.29) is 11.4 Å². The van der Waals surface area contributed by atoms with Gasteiger partial charge in [0.2, 0.25) is 0 Å². The molecule has 0 amide bonds. The van der Waals surface area contributed by atoms with Crippen molar-refractivity contribution >= 4 is 11.8 Å². The standard InChI is InChI=1S/C14H23N3O2/c1-5-19-13(18)11-6-7-12(16-8-11)17(4)10-14(2,3)9-15/h6-8H,5,9-10,15H2,1-4H3. The first-order chi connectivity index (χ1) is 8.89. The van der Waals surface area contributed by atoms with Crippen LogP contribution in [0, 0.1) is 5.41 Å². The number of pyridine rings is 1. The number of anilines is 1. The Kier molecular flexibility index (Phi) is 5.30. The van der Waals surface area contributed by atoms with E-state index >= 15 is 0 Å². The summed E-state index contributed by atoms with van der Waals surface area (Å²) < 4.78 is 4.92. The molecule has 1 heterocycles. The Labute approximate surface area is 114 Å². The van der Waals surface area contributed by atoms with Crippen LogP contribution in [0.4, 0.5) is 5.82 Å². The van der Waals surface area contributed by atoms with Crippen molar-refractivity contribution in [3.05, 3.63) is 23.9 Å². The van der Waals surface area contributed by atoms with Crippen molar-refractivity contribution in [2.24, 2.45) is 11.1 Å². The van der Waals surface area contributed by atoms with Crippen LogP contribution in [-0.4, -0.2) is 37.7 Å². The van der Waals surface area contributed by atoms with Crippen LogP contribution in [0.2, 0.25) is 0 Å². The predicted molar refractivity (Wildman–Crippen MR) is 76.3 cm³/mol. The highest BCUT2D eigenvalue weighted by Crippen LogP contribution is 2.18. The smallest absolute Gasteiger partial charge is 0.339 e. The molecule has 0 aromatic carbocycles. The highest BCUT2D eigenvalue weighted by atomic mass is 16.5.